The van der Waals surface area contributed by atoms with Gasteiger partial charge in [-0.1, -0.05) is 32.9 Å². The average molecular weight is 285 g/mol. The minimum atomic E-state index is -0.509. The number of hydrogen-bond acceptors (Lipinski definition) is 3. The van der Waals surface area contributed by atoms with Crippen molar-refractivity contribution in [1.29, 1.82) is 0 Å². The molecule has 0 unspecified atom stereocenters. The first-order chi connectivity index (χ1) is 10.0. The summed E-state index contributed by atoms with van der Waals surface area (Å²) in [6.07, 6.45) is 1.81. The fourth-order valence-electron chi connectivity index (χ4n) is 2.07. The maximum Gasteiger partial charge on any atom is 0.145 e. The lowest BCUT2D eigenvalue weighted by molar-refractivity contribution is 0.169. The molecule has 1 aromatic carbocycles. The van der Waals surface area contributed by atoms with Gasteiger partial charge in [-0.15, -0.1) is 0 Å². The third-order valence-electron chi connectivity index (χ3n) is 3.59. The Bertz CT molecular complexity index is 591. The molecule has 0 aliphatic carbocycles. The van der Waals surface area contributed by atoms with Gasteiger partial charge in [-0.2, -0.15) is 0 Å². The van der Waals surface area contributed by atoms with Crippen LogP contribution in [0, 0.1) is 6.92 Å². The van der Waals surface area contributed by atoms with Crippen LogP contribution in [-0.4, -0.2) is 10.1 Å². The first kappa shape index (κ1) is 15.5. The molecule has 0 amide bonds. The number of aliphatic hydroxyl groups excluding tert-OH is 1. The molecule has 0 spiro atoms. The summed E-state index contributed by atoms with van der Waals surface area (Å²) in [5, 5.41) is 9.75. The molecule has 0 radical (unpaired) electrons. The van der Waals surface area contributed by atoms with Crippen LogP contribution in [0.3, 0.4) is 0 Å². The Morgan fingerprint density at radius 3 is 2.52 bits per heavy atom. The highest BCUT2D eigenvalue weighted by molar-refractivity contribution is 5.40. The largest absolute Gasteiger partial charge is 0.455 e. The van der Waals surface area contributed by atoms with Gasteiger partial charge in [0.1, 0.15) is 11.5 Å². The monoisotopic (exact) mass is 285 g/mol. The van der Waals surface area contributed by atoms with Crippen molar-refractivity contribution in [3.63, 3.8) is 0 Å². The second kappa shape index (κ2) is 6.72. The summed E-state index contributed by atoms with van der Waals surface area (Å²) in [6, 6.07) is 9.95. The smallest absolute Gasteiger partial charge is 0.145 e. The number of rotatable bonds is 5. The number of pyridine rings is 1. The van der Waals surface area contributed by atoms with Gasteiger partial charge in [-0.05, 0) is 48.6 Å². The van der Waals surface area contributed by atoms with E-state index in [1.54, 1.807) is 6.20 Å². The van der Waals surface area contributed by atoms with E-state index in [0.29, 0.717) is 23.8 Å². The second-order valence-corrected chi connectivity index (χ2v) is 5.62. The van der Waals surface area contributed by atoms with Gasteiger partial charge in [0.15, 0.2) is 0 Å². The Morgan fingerprint density at radius 1 is 1.19 bits per heavy atom. The van der Waals surface area contributed by atoms with Crippen molar-refractivity contribution in [2.75, 3.05) is 0 Å². The number of nitrogens with zero attached hydrogens (tertiary/aromatic N) is 1. The van der Waals surface area contributed by atoms with Gasteiger partial charge in [0.25, 0.3) is 0 Å². The molecule has 3 heteroatoms. The van der Waals surface area contributed by atoms with Crippen LogP contribution in [0.1, 0.15) is 56.0 Å². The second-order valence-electron chi connectivity index (χ2n) is 5.62. The van der Waals surface area contributed by atoms with Crippen LogP contribution >= 0.6 is 0 Å². The Morgan fingerprint density at radius 2 is 1.95 bits per heavy atom. The average Bonchev–Trinajstić information content (AvgIpc) is 2.49. The van der Waals surface area contributed by atoms with Crippen molar-refractivity contribution >= 4 is 0 Å². The topological polar surface area (TPSA) is 42.4 Å². The molecule has 0 aliphatic rings. The van der Waals surface area contributed by atoms with E-state index in [-0.39, 0.29) is 0 Å². The molecule has 0 aliphatic heterocycles. The highest BCUT2D eigenvalue weighted by atomic mass is 16.5. The lowest BCUT2D eigenvalue weighted by Crippen LogP contribution is -1.98. The highest BCUT2D eigenvalue weighted by Gasteiger charge is 2.08. The summed E-state index contributed by atoms with van der Waals surface area (Å²) in [5.74, 6) is 2.01. The van der Waals surface area contributed by atoms with Crippen LogP contribution in [0.25, 0.3) is 0 Å². The molecule has 1 N–H and O–H groups in total. The van der Waals surface area contributed by atoms with Gasteiger partial charge in [-0.3, -0.25) is 4.98 Å². The Kier molecular flexibility index (Phi) is 4.97. The Balaban J connectivity index is 2.20. The van der Waals surface area contributed by atoms with Crippen LogP contribution < -0.4 is 4.74 Å². The van der Waals surface area contributed by atoms with Gasteiger partial charge in [-0.25, -0.2) is 0 Å². The molecule has 1 atom stereocenters. The lowest BCUT2D eigenvalue weighted by Gasteiger charge is -2.13. The molecule has 112 valence electrons. The summed E-state index contributed by atoms with van der Waals surface area (Å²) >= 11 is 0. The van der Waals surface area contributed by atoms with Crippen molar-refractivity contribution in [3.8, 4) is 11.5 Å². The van der Waals surface area contributed by atoms with E-state index in [1.165, 1.54) is 5.56 Å². The van der Waals surface area contributed by atoms with Crippen molar-refractivity contribution in [1.82, 2.24) is 4.98 Å². The molecular weight excluding hydrogens is 262 g/mol. The highest BCUT2D eigenvalue weighted by Crippen LogP contribution is 2.29. The molecule has 0 fully saturated rings. The van der Waals surface area contributed by atoms with Gasteiger partial charge in [0.2, 0.25) is 0 Å². The van der Waals surface area contributed by atoms with Crippen LogP contribution in [0.15, 0.2) is 36.5 Å². The number of aryl methyl sites for hydroxylation is 1. The standard InChI is InChI=1S/C18H23NO2/c1-5-17(20)16-9-8-15(11-19-16)21-18-10-14(12(2)3)7-6-13(18)4/h6-12,17,20H,5H2,1-4H3/t17-/m1/s1. The van der Waals surface area contributed by atoms with E-state index in [9.17, 15) is 5.11 Å². The van der Waals surface area contributed by atoms with Crippen LogP contribution in [0.4, 0.5) is 0 Å². The molecule has 2 rings (SSSR count). The fourth-order valence-corrected chi connectivity index (χ4v) is 2.07. The van der Waals surface area contributed by atoms with Gasteiger partial charge >= 0.3 is 0 Å². The van der Waals surface area contributed by atoms with E-state index < -0.39 is 6.10 Å². The number of hydrogen-bond donors (Lipinski definition) is 1. The van der Waals surface area contributed by atoms with Gasteiger partial charge in [0.05, 0.1) is 18.0 Å². The summed E-state index contributed by atoms with van der Waals surface area (Å²) in [7, 11) is 0. The molecule has 0 saturated heterocycles. The maximum absolute atomic E-state index is 9.75. The fraction of sp³-hybridized carbons (Fsp3) is 0.389. The van der Waals surface area contributed by atoms with Crippen molar-refractivity contribution in [3.05, 3.63) is 53.3 Å². The van der Waals surface area contributed by atoms with E-state index in [1.807, 2.05) is 26.0 Å². The number of aliphatic hydroxyl groups is 1. The SMILES string of the molecule is CC[C@@H](O)c1ccc(Oc2cc(C(C)C)ccc2C)cn1. The zero-order valence-corrected chi connectivity index (χ0v) is 13.1. The van der Waals surface area contributed by atoms with Crippen LogP contribution in [-0.2, 0) is 0 Å². The number of ether oxygens (including phenoxy) is 1. The van der Waals surface area contributed by atoms with E-state index >= 15 is 0 Å². The minimum absolute atomic E-state index is 0.466. The van der Waals surface area contributed by atoms with Crippen LogP contribution in [0.2, 0.25) is 0 Å². The summed E-state index contributed by atoms with van der Waals surface area (Å²) in [4.78, 5) is 4.26. The molecule has 21 heavy (non-hydrogen) atoms. The number of benzene rings is 1. The minimum Gasteiger partial charge on any atom is -0.455 e. The molecule has 0 bridgehead atoms. The van der Waals surface area contributed by atoms with Crippen LogP contribution in [0.5, 0.6) is 11.5 Å². The number of aromatic nitrogens is 1. The molecule has 1 aromatic heterocycles. The summed E-state index contributed by atoms with van der Waals surface area (Å²) < 4.78 is 5.92. The Hall–Kier alpha value is -1.87. The zero-order chi connectivity index (χ0) is 15.4. The van der Waals surface area contributed by atoms with E-state index in [4.69, 9.17) is 4.74 Å². The summed E-state index contributed by atoms with van der Waals surface area (Å²) in [6.45, 7) is 8.29. The first-order valence-electron chi connectivity index (χ1n) is 7.43. The molecule has 0 saturated carbocycles. The van der Waals surface area contributed by atoms with Crippen molar-refractivity contribution < 1.29 is 9.84 Å². The lowest BCUT2D eigenvalue weighted by atomic mass is 10.0. The Labute approximate surface area is 126 Å². The quantitative estimate of drug-likeness (QED) is 0.862. The molecule has 2 aromatic rings. The third kappa shape index (κ3) is 3.82. The maximum atomic E-state index is 9.75. The van der Waals surface area contributed by atoms with Crippen molar-refractivity contribution in [2.24, 2.45) is 0 Å². The molecular formula is C18H23NO2. The first-order valence-corrected chi connectivity index (χ1v) is 7.43. The molecule has 1 heterocycles. The predicted octanol–water partition coefficient (Wildman–Crippen LogP) is 4.75. The van der Waals surface area contributed by atoms with Gasteiger partial charge < -0.3 is 9.84 Å². The molecule has 3 nitrogen and oxygen atoms in total. The predicted molar refractivity (Wildman–Crippen MR) is 84.8 cm³/mol. The third-order valence-corrected chi connectivity index (χ3v) is 3.59. The van der Waals surface area contributed by atoms with Crippen molar-refractivity contribution in [2.45, 2.75) is 46.1 Å². The zero-order valence-electron chi connectivity index (χ0n) is 13.1. The van der Waals surface area contributed by atoms with E-state index in [0.717, 1.165) is 11.3 Å². The van der Waals surface area contributed by atoms with E-state index in [2.05, 4.69) is 37.0 Å². The van der Waals surface area contributed by atoms with Gasteiger partial charge in [0, 0.05) is 0 Å². The summed E-state index contributed by atoms with van der Waals surface area (Å²) in [5.41, 5.74) is 3.02. The normalized spacial score (nSPS) is 12.5.